The average Bonchev–Trinajstić information content (AvgIpc) is 3.33. The van der Waals surface area contributed by atoms with E-state index in [1.165, 1.54) is 12.5 Å². The maximum absolute atomic E-state index is 12.7. The van der Waals surface area contributed by atoms with Crippen LogP contribution >= 0.6 is 0 Å². The van der Waals surface area contributed by atoms with E-state index in [9.17, 15) is 9.59 Å². The van der Waals surface area contributed by atoms with Crippen molar-refractivity contribution in [3.05, 3.63) is 58.2 Å². The molecular weight excluding hydrogens is 350 g/mol. The quantitative estimate of drug-likeness (QED) is 0.591. The number of furan rings is 1. The summed E-state index contributed by atoms with van der Waals surface area (Å²) < 4.78 is 12.3. The Balaban J connectivity index is 1.70. The predicted molar refractivity (Wildman–Crippen MR) is 96.4 cm³/mol. The molecule has 0 bridgehead atoms. The average molecular weight is 365 g/mol. The molecule has 0 aliphatic rings. The van der Waals surface area contributed by atoms with Crippen molar-refractivity contribution in [3.8, 4) is 11.7 Å². The highest BCUT2D eigenvalue weighted by atomic mass is 16.4. The molecule has 9 nitrogen and oxygen atoms in total. The molecule has 0 unspecified atom stereocenters. The Morgan fingerprint density at radius 2 is 2.11 bits per heavy atom. The first-order valence-electron chi connectivity index (χ1n) is 8.26. The van der Waals surface area contributed by atoms with Crippen molar-refractivity contribution in [1.82, 2.24) is 19.7 Å². The van der Waals surface area contributed by atoms with Crippen LogP contribution in [-0.2, 0) is 6.54 Å². The zero-order valence-electron chi connectivity index (χ0n) is 14.6. The minimum atomic E-state index is -0.640. The first kappa shape index (κ1) is 16.7. The normalized spacial score (nSPS) is 11.0. The molecule has 0 saturated heterocycles. The fraction of sp³-hybridized carbons (Fsp3) is 0.167. The number of rotatable bonds is 4. The zero-order valence-corrected chi connectivity index (χ0v) is 14.6. The van der Waals surface area contributed by atoms with Gasteiger partial charge in [-0.15, -0.1) is 5.10 Å². The summed E-state index contributed by atoms with van der Waals surface area (Å²) in [6, 6.07) is 6.60. The molecule has 136 valence electrons. The molecule has 27 heavy (non-hydrogen) atoms. The van der Waals surface area contributed by atoms with Gasteiger partial charge in [-0.25, -0.2) is 4.98 Å². The van der Waals surface area contributed by atoms with Gasteiger partial charge in [0.2, 0.25) is 5.43 Å². The van der Waals surface area contributed by atoms with Crippen molar-refractivity contribution in [3.63, 3.8) is 0 Å². The highest BCUT2D eigenvalue weighted by molar-refractivity contribution is 6.04. The van der Waals surface area contributed by atoms with Gasteiger partial charge in [-0.1, -0.05) is 5.10 Å². The third-order valence-corrected chi connectivity index (χ3v) is 4.02. The third-order valence-electron chi connectivity index (χ3n) is 4.02. The molecule has 4 heterocycles. The summed E-state index contributed by atoms with van der Waals surface area (Å²) in [6.07, 6.45) is 2.95. The first-order chi connectivity index (χ1) is 13.1. The summed E-state index contributed by atoms with van der Waals surface area (Å²) in [5.74, 6) is -0.137. The number of nitrogens with one attached hydrogen (secondary N) is 1. The number of carbonyl (C=O) groups is 1. The summed E-state index contributed by atoms with van der Waals surface area (Å²) in [5.41, 5.74) is 0.882. The van der Waals surface area contributed by atoms with Crippen LogP contribution in [0.3, 0.4) is 0 Å². The van der Waals surface area contributed by atoms with Gasteiger partial charge in [0.05, 0.1) is 11.6 Å². The summed E-state index contributed by atoms with van der Waals surface area (Å²) >= 11 is 0. The van der Waals surface area contributed by atoms with Crippen molar-refractivity contribution >= 4 is 23.0 Å². The second kappa shape index (κ2) is 6.52. The minimum absolute atomic E-state index is 0.0345. The summed E-state index contributed by atoms with van der Waals surface area (Å²) in [4.78, 5) is 29.8. The SMILES string of the molecule is CCn1cc(C(=O)Nc2nnc(-c3ccco3)o2)c(=O)c2ccc(C)nc21. The smallest absolute Gasteiger partial charge is 0.322 e. The van der Waals surface area contributed by atoms with Crippen LogP contribution in [0.4, 0.5) is 6.01 Å². The van der Waals surface area contributed by atoms with E-state index >= 15 is 0 Å². The van der Waals surface area contributed by atoms with E-state index in [0.717, 1.165) is 5.69 Å². The van der Waals surface area contributed by atoms with E-state index in [4.69, 9.17) is 8.83 Å². The Labute approximate surface area is 152 Å². The van der Waals surface area contributed by atoms with Gasteiger partial charge >= 0.3 is 6.01 Å². The maximum atomic E-state index is 12.7. The number of pyridine rings is 2. The first-order valence-corrected chi connectivity index (χ1v) is 8.26. The molecule has 1 N–H and O–H groups in total. The van der Waals surface area contributed by atoms with Gasteiger partial charge in [0.1, 0.15) is 11.2 Å². The number of hydrogen-bond donors (Lipinski definition) is 1. The Morgan fingerprint density at radius 1 is 1.26 bits per heavy atom. The molecule has 0 aromatic carbocycles. The van der Waals surface area contributed by atoms with Gasteiger partial charge in [0.25, 0.3) is 11.8 Å². The lowest BCUT2D eigenvalue weighted by molar-refractivity contribution is 0.102. The monoisotopic (exact) mass is 365 g/mol. The van der Waals surface area contributed by atoms with Crippen LogP contribution in [0.2, 0.25) is 0 Å². The second-order valence-electron chi connectivity index (χ2n) is 5.83. The molecule has 0 saturated carbocycles. The van der Waals surface area contributed by atoms with Crippen molar-refractivity contribution < 1.29 is 13.6 Å². The summed E-state index contributed by atoms with van der Waals surface area (Å²) in [6.45, 7) is 4.30. The number of hydrogen-bond acceptors (Lipinski definition) is 7. The number of anilines is 1. The molecule has 0 fully saturated rings. The molecule has 0 atom stereocenters. The van der Waals surface area contributed by atoms with Crippen LogP contribution in [0.25, 0.3) is 22.7 Å². The molecule has 4 aromatic rings. The van der Waals surface area contributed by atoms with E-state index in [-0.39, 0.29) is 17.5 Å². The van der Waals surface area contributed by atoms with E-state index < -0.39 is 11.3 Å². The lowest BCUT2D eigenvalue weighted by Gasteiger charge is -2.10. The van der Waals surface area contributed by atoms with E-state index in [2.05, 4.69) is 20.5 Å². The molecular formula is C18H15N5O4. The van der Waals surface area contributed by atoms with Gasteiger partial charge in [-0.2, -0.15) is 0 Å². The van der Waals surface area contributed by atoms with Gasteiger partial charge in [0.15, 0.2) is 5.76 Å². The molecule has 0 spiro atoms. The standard InChI is InChI=1S/C18H15N5O4/c1-3-23-9-12(14(24)11-7-6-10(2)19-15(11)23)16(25)20-18-22-21-17(27-18)13-5-4-8-26-13/h4-9H,3H2,1-2H3,(H,20,22,25). The molecule has 0 radical (unpaired) electrons. The third kappa shape index (κ3) is 2.99. The number of carbonyl (C=O) groups excluding carboxylic acids is 1. The molecule has 0 aliphatic carbocycles. The fourth-order valence-electron chi connectivity index (χ4n) is 2.70. The Bertz CT molecular complexity index is 1190. The second-order valence-corrected chi connectivity index (χ2v) is 5.83. The Kier molecular flexibility index (Phi) is 4.03. The van der Waals surface area contributed by atoms with Crippen LogP contribution in [0.5, 0.6) is 0 Å². The summed E-state index contributed by atoms with van der Waals surface area (Å²) in [7, 11) is 0. The van der Waals surface area contributed by atoms with E-state index in [1.807, 2.05) is 13.8 Å². The summed E-state index contributed by atoms with van der Waals surface area (Å²) in [5, 5.41) is 10.4. The van der Waals surface area contributed by atoms with Crippen molar-refractivity contribution in [2.75, 3.05) is 5.32 Å². The molecule has 4 rings (SSSR count). The van der Waals surface area contributed by atoms with Crippen LogP contribution in [0.15, 0.2) is 50.4 Å². The lowest BCUT2D eigenvalue weighted by Crippen LogP contribution is -2.24. The van der Waals surface area contributed by atoms with Gasteiger partial charge in [0, 0.05) is 18.4 Å². The van der Waals surface area contributed by atoms with Crippen LogP contribution in [0.1, 0.15) is 23.0 Å². The van der Waals surface area contributed by atoms with Crippen molar-refractivity contribution in [2.24, 2.45) is 0 Å². The van der Waals surface area contributed by atoms with Crippen molar-refractivity contribution in [1.29, 1.82) is 0 Å². The Morgan fingerprint density at radius 3 is 2.85 bits per heavy atom. The minimum Gasteiger partial charge on any atom is -0.459 e. The number of nitrogens with zero attached hydrogens (tertiary/aromatic N) is 4. The van der Waals surface area contributed by atoms with Gasteiger partial charge < -0.3 is 13.4 Å². The van der Waals surface area contributed by atoms with Gasteiger partial charge in [-0.05, 0) is 38.1 Å². The van der Waals surface area contributed by atoms with Gasteiger partial charge in [-0.3, -0.25) is 14.9 Å². The number of aromatic nitrogens is 4. The number of fused-ring (bicyclic) bond motifs is 1. The largest absolute Gasteiger partial charge is 0.459 e. The number of amides is 1. The molecule has 1 amide bonds. The highest BCUT2D eigenvalue weighted by Crippen LogP contribution is 2.20. The van der Waals surface area contributed by atoms with Crippen LogP contribution in [-0.4, -0.2) is 25.7 Å². The zero-order chi connectivity index (χ0) is 19.0. The lowest BCUT2D eigenvalue weighted by atomic mass is 10.1. The maximum Gasteiger partial charge on any atom is 0.322 e. The number of aryl methyl sites for hydroxylation is 2. The topological polar surface area (TPSA) is 116 Å². The fourth-order valence-corrected chi connectivity index (χ4v) is 2.70. The van der Waals surface area contributed by atoms with Crippen LogP contribution in [0, 0.1) is 6.92 Å². The molecule has 9 heteroatoms. The predicted octanol–water partition coefficient (Wildman–Crippen LogP) is 2.62. The Hall–Kier alpha value is -3.75. The highest BCUT2D eigenvalue weighted by Gasteiger charge is 2.19. The molecule has 0 aliphatic heterocycles. The van der Waals surface area contributed by atoms with E-state index in [1.54, 1.807) is 28.8 Å². The van der Waals surface area contributed by atoms with Crippen LogP contribution < -0.4 is 10.7 Å². The molecule has 4 aromatic heterocycles. The van der Waals surface area contributed by atoms with Crippen molar-refractivity contribution in [2.45, 2.75) is 20.4 Å². The van der Waals surface area contributed by atoms with E-state index in [0.29, 0.717) is 23.3 Å².